The maximum absolute atomic E-state index is 10.6. The van der Waals surface area contributed by atoms with Crippen LogP contribution < -0.4 is 16.5 Å². The molecule has 9 heavy (non-hydrogen) atoms. The average Bonchev–Trinajstić information content (AvgIpc) is 1.84. The van der Waals surface area contributed by atoms with Crippen LogP contribution in [-0.4, -0.2) is 14.7 Å². The van der Waals surface area contributed by atoms with Crippen LogP contribution in [0.4, 0.5) is 0 Å². The highest BCUT2D eigenvalue weighted by Crippen LogP contribution is 1.90. The van der Waals surface area contributed by atoms with Crippen molar-refractivity contribution in [3.63, 3.8) is 0 Å². The Morgan fingerprint density at radius 1 is 1.67 bits per heavy atom. The molecule has 0 aromatic heterocycles. The van der Waals surface area contributed by atoms with Gasteiger partial charge in [-0.15, -0.1) is 4.41 Å². The van der Waals surface area contributed by atoms with Crippen molar-refractivity contribution in [2.45, 2.75) is 19.9 Å². The summed E-state index contributed by atoms with van der Waals surface area (Å²) in [6.45, 7) is 3.63. The Bertz CT molecular complexity index is 106. The molecule has 0 fully saturated rings. The molecule has 0 bridgehead atoms. The van der Waals surface area contributed by atoms with Crippen molar-refractivity contribution in [1.29, 1.82) is 0 Å². The summed E-state index contributed by atoms with van der Waals surface area (Å²) in [5, 5.41) is 0. The van der Waals surface area contributed by atoms with Gasteiger partial charge < -0.3 is 0 Å². The first-order valence-corrected chi connectivity index (χ1v) is 3.62. The fourth-order valence-corrected chi connectivity index (χ4v) is 0.757. The van der Waals surface area contributed by atoms with Crippen molar-refractivity contribution in [3.05, 3.63) is 0 Å². The minimum Gasteiger partial charge on any atom is -0.259 e. The zero-order valence-electron chi connectivity index (χ0n) is 5.50. The molecule has 0 saturated heterocycles. The SMILES string of the molecule is CC(C)N(N)S(=O)NN. The summed E-state index contributed by atoms with van der Waals surface area (Å²) >= 11 is -1.46. The molecule has 0 aromatic rings. The van der Waals surface area contributed by atoms with Gasteiger partial charge in [0.25, 0.3) is 0 Å². The predicted molar refractivity (Wildman–Crippen MR) is 36.6 cm³/mol. The molecule has 0 aliphatic heterocycles. The molecule has 0 aliphatic carbocycles. The molecule has 0 amide bonds. The predicted octanol–water partition coefficient (Wildman–Crippen LogP) is -1.39. The van der Waals surface area contributed by atoms with Gasteiger partial charge in [-0.25, -0.2) is 4.21 Å². The zero-order chi connectivity index (χ0) is 7.44. The van der Waals surface area contributed by atoms with Crippen LogP contribution in [0.3, 0.4) is 0 Å². The van der Waals surface area contributed by atoms with Gasteiger partial charge >= 0.3 is 0 Å². The number of nitrogens with zero attached hydrogens (tertiary/aromatic N) is 1. The lowest BCUT2D eigenvalue weighted by molar-refractivity contribution is 0.388. The Labute approximate surface area is 57.0 Å². The van der Waals surface area contributed by atoms with Gasteiger partial charge in [0, 0.05) is 6.04 Å². The number of nitrogens with one attached hydrogen (secondary N) is 1. The van der Waals surface area contributed by atoms with Crippen molar-refractivity contribution in [1.82, 2.24) is 9.25 Å². The molecule has 56 valence electrons. The number of rotatable bonds is 3. The standard InChI is InChI=1S/C3H12N4OS/c1-3(2)7(5)9(8)6-4/h3,6H,4-5H2,1-2H3. The third-order valence-electron chi connectivity index (χ3n) is 0.801. The molecule has 0 aliphatic rings. The molecule has 0 spiro atoms. The largest absolute Gasteiger partial charge is 0.259 e. The fourth-order valence-electron chi connectivity index (χ4n) is 0.252. The van der Waals surface area contributed by atoms with Crippen LogP contribution in [0.15, 0.2) is 0 Å². The second-order valence-corrected chi connectivity index (χ2v) is 2.98. The first kappa shape index (κ1) is 8.99. The number of nitrogens with two attached hydrogens (primary N) is 2. The van der Waals surface area contributed by atoms with Crippen LogP contribution in [0.25, 0.3) is 0 Å². The van der Waals surface area contributed by atoms with Gasteiger partial charge in [0.2, 0.25) is 0 Å². The van der Waals surface area contributed by atoms with Crippen LogP contribution in [-0.2, 0) is 11.2 Å². The Morgan fingerprint density at radius 3 is 2.22 bits per heavy atom. The van der Waals surface area contributed by atoms with Gasteiger partial charge in [-0.3, -0.25) is 11.7 Å². The van der Waals surface area contributed by atoms with Crippen LogP contribution in [0.1, 0.15) is 13.8 Å². The molecule has 5 nitrogen and oxygen atoms in total. The number of hydrogen-bond acceptors (Lipinski definition) is 3. The van der Waals surface area contributed by atoms with Crippen LogP contribution in [0.2, 0.25) is 0 Å². The van der Waals surface area contributed by atoms with Crippen molar-refractivity contribution >= 4 is 11.2 Å². The van der Waals surface area contributed by atoms with E-state index in [0.29, 0.717) is 0 Å². The summed E-state index contributed by atoms with van der Waals surface area (Å²) in [5.74, 6) is 10.1. The van der Waals surface area contributed by atoms with Gasteiger partial charge in [0.15, 0.2) is 11.2 Å². The molecule has 1 unspecified atom stereocenters. The quantitative estimate of drug-likeness (QED) is 0.344. The summed E-state index contributed by atoms with van der Waals surface area (Å²) in [6.07, 6.45) is 0. The van der Waals surface area contributed by atoms with Gasteiger partial charge in [-0.1, -0.05) is 0 Å². The van der Waals surface area contributed by atoms with E-state index in [9.17, 15) is 4.21 Å². The Morgan fingerprint density at radius 2 is 2.11 bits per heavy atom. The minimum absolute atomic E-state index is 0.0156. The third-order valence-corrected chi connectivity index (χ3v) is 1.81. The van der Waals surface area contributed by atoms with Gasteiger partial charge in [-0.05, 0) is 13.8 Å². The Kier molecular flexibility index (Phi) is 3.91. The topological polar surface area (TPSA) is 84.4 Å². The lowest BCUT2D eigenvalue weighted by Gasteiger charge is -2.16. The van der Waals surface area contributed by atoms with Gasteiger partial charge in [0.1, 0.15) is 0 Å². The van der Waals surface area contributed by atoms with Crippen molar-refractivity contribution in [2.24, 2.45) is 11.7 Å². The lowest BCUT2D eigenvalue weighted by atomic mass is 10.4. The molecular formula is C3H12N4OS. The number of hydrogen-bond donors (Lipinski definition) is 3. The first-order chi connectivity index (χ1) is 4.09. The van der Waals surface area contributed by atoms with E-state index in [1.54, 1.807) is 0 Å². The zero-order valence-corrected chi connectivity index (χ0v) is 6.31. The monoisotopic (exact) mass is 152 g/mol. The summed E-state index contributed by atoms with van der Waals surface area (Å²) in [5.41, 5.74) is 0. The van der Waals surface area contributed by atoms with E-state index in [1.165, 1.54) is 0 Å². The second-order valence-electron chi connectivity index (χ2n) is 1.82. The maximum Gasteiger partial charge on any atom is 0.197 e. The van der Waals surface area contributed by atoms with E-state index in [-0.39, 0.29) is 6.04 Å². The molecule has 5 N–H and O–H groups in total. The van der Waals surface area contributed by atoms with Crippen molar-refractivity contribution in [2.75, 3.05) is 0 Å². The van der Waals surface area contributed by atoms with E-state index in [0.717, 1.165) is 4.41 Å². The second kappa shape index (κ2) is 3.91. The summed E-state index contributed by atoms with van der Waals surface area (Å²) in [6, 6.07) is 0.0156. The van der Waals surface area contributed by atoms with E-state index < -0.39 is 11.2 Å². The Hall–Kier alpha value is -0.0100. The van der Waals surface area contributed by atoms with E-state index >= 15 is 0 Å². The normalized spacial score (nSPS) is 14.9. The minimum atomic E-state index is -1.46. The number of hydrazine groups is 2. The summed E-state index contributed by atoms with van der Waals surface area (Å²) < 4.78 is 11.8. The Balaban J connectivity index is 3.72. The lowest BCUT2D eigenvalue weighted by Crippen LogP contribution is -2.46. The molecule has 0 saturated carbocycles. The molecular weight excluding hydrogens is 140 g/mol. The molecule has 0 radical (unpaired) electrons. The summed E-state index contributed by atoms with van der Waals surface area (Å²) in [4.78, 5) is 2.02. The highest BCUT2D eigenvalue weighted by molar-refractivity contribution is 7.80. The molecule has 0 rings (SSSR count). The molecule has 0 heterocycles. The molecule has 0 aromatic carbocycles. The summed E-state index contributed by atoms with van der Waals surface area (Å²) in [7, 11) is 0. The van der Waals surface area contributed by atoms with Gasteiger partial charge in [-0.2, -0.15) is 4.83 Å². The molecule has 1 atom stereocenters. The van der Waals surface area contributed by atoms with Crippen molar-refractivity contribution in [3.8, 4) is 0 Å². The average molecular weight is 152 g/mol. The molecule has 6 heteroatoms. The van der Waals surface area contributed by atoms with E-state index in [2.05, 4.69) is 0 Å². The van der Waals surface area contributed by atoms with E-state index in [1.807, 2.05) is 18.7 Å². The van der Waals surface area contributed by atoms with Crippen LogP contribution in [0.5, 0.6) is 0 Å². The van der Waals surface area contributed by atoms with Gasteiger partial charge in [0.05, 0.1) is 0 Å². The van der Waals surface area contributed by atoms with E-state index in [4.69, 9.17) is 11.7 Å². The highest BCUT2D eigenvalue weighted by atomic mass is 32.2. The van der Waals surface area contributed by atoms with Crippen LogP contribution in [0, 0.1) is 0 Å². The highest BCUT2D eigenvalue weighted by Gasteiger charge is 2.08. The maximum atomic E-state index is 10.6. The van der Waals surface area contributed by atoms with Crippen molar-refractivity contribution < 1.29 is 4.21 Å². The third kappa shape index (κ3) is 2.87. The smallest absolute Gasteiger partial charge is 0.197 e. The van der Waals surface area contributed by atoms with Crippen LogP contribution >= 0.6 is 0 Å². The first-order valence-electron chi connectivity index (χ1n) is 2.51. The fraction of sp³-hybridized carbons (Fsp3) is 1.00.